The number of hydrogen-bond donors (Lipinski definition) is 0. The molecule has 196 valence electrons. The normalized spacial score (nSPS) is 26.5. The second-order valence-electron chi connectivity index (χ2n) is 10.7. The zero-order valence-corrected chi connectivity index (χ0v) is 22.1. The molecular formula is C33H30N2O4. The number of hydrogen-bond acceptors (Lipinski definition) is 5. The molecule has 3 aliphatic carbocycles. The van der Waals surface area contributed by atoms with Crippen molar-refractivity contribution in [3.05, 3.63) is 107 Å². The first-order valence-corrected chi connectivity index (χ1v) is 13.3. The molecule has 0 spiro atoms. The van der Waals surface area contributed by atoms with E-state index >= 15 is 0 Å². The van der Waals surface area contributed by atoms with Crippen molar-refractivity contribution in [3.8, 4) is 11.8 Å². The van der Waals surface area contributed by atoms with Crippen LogP contribution >= 0.6 is 0 Å². The van der Waals surface area contributed by atoms with Gasteiger partial charge in [-0.05, 0) is 53.8 Å². The third kappa shape index (κ3) is 3.53. The molecular weight excluding hydrogens is 488 g/mol. The molecule has 1 amide bonds. The maximum Gasteiger partial charge on any atom is 0.314 e. The molecule has 3 aromatic carbocycles. The summed E-state index contributed by atoms with van der Waals surface area (Å²) in [5.74, 6) is 0.0267. The fourth-order valence-corrected chi connectivity index (χ4v) is 7.73. The minimum Gasteiger partial charge on any atom is -0.496 e. The molecule has 1 saturated carbocycles. The average molecular weight is 519 g/mol. The van der Waals surface area contributed by atoms with Crippen molar-refractivity contribution in [1.82, 2.24) is 4.90 Å². The number of para-hydroxylation sites is 1. The van der Waals surface area contributed by atoms with Crippen LogP contribution in [-0.2, 0) is 19.7 Å². The van der Waals surface area contributed by atoms with Crippen molar-refractivity contribution in [1.29, 1.82) is 5.26 Å². The van der Waals surface area contributed by atoms with Crippen LogP contribution in [0.2, 0.25) is 0 Å². The number of nitrogens with zero attached hydrogens (tertiary/aromatic N) is 2. The highest BCUT2D eigenvalue weighted by atomic mass is 16.5. The highest BCUT2D eigenvalue weighted by Crippen LogP contribution is 2.69. The Labute approximate surface area is 228 Å². The Kier molecular flexibility index (Phi) is 6.03. The number of rotatable bonds is 5. The van der Waals surface area contributed by atoms with E-state index < -0.39 is 10.8 Å². The van der Waals surface area contributed by atoms with Gasteiger partial charge in [0.25, 0.3) is 0 Å². The lowest BCUT2D eigenvalue weighted by atomic mass is 9.42. The van der Waals surface area contributed by atoms with E-state index in [9.17, 15) is 14.9 Å². The summed E-state index contributed by atoms with van der Waals surface area (Å²) in [6, 6.07) is 25.9. The molecule has 3 aromatic rings. The van der Waals surface area contributed by atoms with E-state index in [0.29, 0.717) is 17.9 Å². The van der Waals surface area contributed by atoms with E-state index in [1.807, 2.05) is 48.5 Å². The molecule has 6 heteroatoms. The molecule has 0 aromatic heterocycles. The number of carbonyl (C=O) groups excluding carboxylic acids is 2. The van der Waals surface area contributed by atoms with Crippen LogP contribution in [0.1, 0.15) is 46.6 Å². The number of carbonyl (C=O) groups is 2. The maximum atomic E-state index is 13.9. The van der Waals surface area contributed by atoms with Gasteiger partial charge in [-0.2, -0.15) is 5.26 Å². The van der Waals surface area contributed by atoms with Crippen molar-refractivity contribution < 1.29 is 19.1 Å². The topological polar surface area (TPSA) is 79.6 Å². The molecule has 39 heavy (non-hydrogen) atoms. The standard InChI is InChI=1S/C33H30N2O4/c1-38-28-13-6-3-9-23(28)14-15-30(36)35-20-29-32(24-10-7-8-22(18-24)19-34)17-16-27(25-11-4-5-12-26(25)32)33(29,21-35)31(37)39-2/h3-15,18,27,29H,16-17,20-21H2,1-2H3/b15-14+/t27-,29-,32-,33-/m0/s1. The second-order valence-corrected chi connectivity index (χ2v) is 10.7. The van der Waals surface area contributed by atoms with Crippen molar-refractivity contribution in [2.45, 2.75) is 24.2 Å². The zero-order chi connectivity index (χ0) is 27.2. The van der Waals surface area contributed by atoms with Crippen molar-refractivity contribution >= 4 is 18.0 Å². The zero-order valence-electron chi connectivity index (χ0n) is 22.1. The summed E-state index contributed by atoms with van der Waals surface area (Å²) in [4.78, 5) is 29.3. The van der Waals surface area contributed by atoms with Crippen LogP contribution in [0, 0.1) is 22.7 Å². The van der Waals surface area contributed by atoms with Gasteiger partial charge < -0.3 is 14.4 Å². The summed E-state index contributed by atoms with van der Waals surface area (Å²) in [6.45, 7) is 0.712. The fourth-order valence-electron chi connectivity index (χ4n) is 7.73. The number of benzene rings is 3. The first-order chi connectivity index (χ1) is 19.0. The number of esters is 1. The van der Waals surface area contributed by atoms with Gasteiger partial charge in [-0.15, -0.1) is 0 Å². The van der Waals surface area contributed by atoms with E-state index in [4.69, 9.17) is 9.47 Å². The summed E-state index contributed by atoms with van der Waals surface area (Å²) < 4.78 is 10.9. The van der Waals surface area contributed by atoms with Gasteiger partial charge in [0.15, 0.2) is 0 Å². The van der Waals surface area contributed by atoms with E-state index in [2.05, 4.69) is 24.3 Å². The molecule has 4 aliphatic rings. The number of ether oxygens (including phenoxy) is 2. The highest BCUT2D eigenvalue weighted by Gasteiger charge is 2.71. The SMILES string of the molecule is COC(=O)[C@]12CN(C(=O)/C=C/c3ccccc3OC)C[C@H]1[C@]1(c3cccc(C#N)c3)CC[C@H]2c2ccccc21. The first kappa shape index (κ1) is 24.9. The summed E-state index contributed by atoms with van der Waals surface area (Å²) in [7, 11) is 3.05. The van der Waals surface area contributed by atoms with Crippen molar-refractivity contribution in [2.24, 2.45) is 11.3 Å². The predicted molar refractivity (Wildman–Crippen MR) is 147 cm³/mol. The maximum absolute atomic E-state index is 13.9. The molecule has 1 heterocycles. The monoisotopic (exact) mass is 518 g/mol. The Morgan fingerprint density at radius 2 is 1.85 bits per heavy atom. The number of nitriles is 1. The Morgan fingerprint density at radius 1 is 1.05 bits per heavy atom. The average Bonchev–Trinajstić information content (AvgIpc) is 3.43. The lowest BCUT2D eigenvalue weighted by Gasteiger charge is -2.59. The molecule has 0 radical (unpaired) electrons. The van der Waals surface area contributed by atoms with Crippen LogP contribution in [-0.4, -0.2) is 44.1 Å². The molecule has 2 fully saturated rings. The largest absolute Gasteiger partial charge is 0.496 e. The quantitative estimate of drug-likeness (QED) is 0.348. The summed E-state index contributed by atoms with van der Waals surface area (Å²) >= 11 is 0. The van der Waals surface area contributed by atoms with Crippen LogP contribution in [0.3, 0.4) is 0 Å². The first-order valence-electron chi connectivity index (χ1n) is 13.3. The summed E-state index contributed by atoms with van der Waals surface area (Å²) in [6.07, 6.45) is 4.98. The lowest BCUT2D eigenvalue weighted by Crippen LogP contribution is -2.60. The molecule has 0 unspecified atom stereocenters. The van der Waals surface area contributed by atoms with Crippen LogP contribution in [0.5, 0.6) is 5.75 Å². The predicted octanol–water partition coefficient (Wildman–Crippen LogP) is 5.08. The van der Waals surface area contributed by atoms with Crippen LogP contribution < -0.4 is 4.74 Å². The van der Waals surface area contributed by atoms with E-state index in [0.717, 1.165) is 29.5 Å². The van der Waals surface area contributed by atoms with Gasteiger partial charge in [-0.1, -0.05) is 54.6 Å². The van der Waals surface area contributed by atoms with Gasteiger partial charge in [0, 0.05) is 42.0 Å². The molecule has 0 N–H and O–H groups in total. The minimum absolute atomic E-state index is 0.0526. The van der Waals surface area contributed by atoms with Gasteiger partial charge in [0.1, 0.15) is 5.75 Å². The molecule has 6 nitrogen and oxygen atoms in total. The Hall–Kier alpha value is -4.37. The highest BCUT2D eigenvalue weighted by molar-refractivity contribution is 5.94. The van der Waals surface area contributed by atoms with E-state index in [-0.39, 0.29) is 30.3 Å². The van der Waals surface area contributed by atoms with Gasteiger partial charge in [0.05, 0.1) is 31.3 Å². The van der Waals surface area contributed by atoms with Gasteiger partial charge in [-0.25, -0.2) is 0 Å². The number of likely N-dealkylation sites (tertiary alicyclic amines) is 1. The Balaban J connectivity index is 1.48. The van der Waals surface area contributed by atoms with E-state index in [1.165, 1.54) is 12.7 Å². The minimum atomic E-state index is -0.877. The van der Waals surface area contributed by atoms with Gasteiger partial charge >= 0.3 is 5.97 Å². The second kappa shape index (κ2) is 9.43. The molecule has 7 rings (SSSR count). The number of fused-ring (bicyclic) bond motifs is 1. The Bertz CT molecular complexity index is 1540. The Morgan fingerprint density at radius 3 is 2.64 bits per heavy atom. The molecule has 2 bridgehead atoms. The molecule has 4 atom stereocenters. The lowest BCUT2D eigenvalue weighted by molar-refractivity contribution is -0.161. The molecule has 1 aliphatic heterocycles. The van der Waals surface area contributed by atoms with Crippen LogP contribution in [0.4, 0.5) is 0 Å². The molecule has 1 saturated heterocycles. The number of methoxy groups -OCH3 is 2. The van der Waals surface area contributed by atoms with Gasteiger partial charge in [0.2, 0.25) is 5.91 Å². The number of amides is 1. The summed E-state index contributed by atoms with van der Waals surface area (Å²) in [5, 5.41) is 9.70. The fraction of sp³-hybridized carbons (Fsp3) is 0.303. The van der Waals surface area contributed by atoms with Crippen molar-refractivity contribution in [2.75, 3.05) is 27.3 Å². The van der Waals surface area contributed by atoms with Crippen LogP contribution in [0.15, 0.2) is 78.9 Å². The van der Waals surface area contributed by atoms with Crippen molar-refractivity contribution in [3.63, 3.8) is 0 Å². The van der Waals surface area contributed by atoms with Gasteiger partial charge in [-0.3, -0.25) is 9.59 Å². The van der Waals surface area contributed by atoms with E-state index in [1.54, 1.807) is 30.2 Å². The smallest absolute Gasteiger partial charge is 0.314 e. The van der Waals surface area contributed by atoms with Crippen LogP contribution in [0.25, 0.3) is 6.08 Å². The third-order valence-corrected chi connectivity index (χ3v) is 9.27. The third-order valence-electron chi connectivity index (χ3n) is 9.27. The summed E-state index contributed by atoms with van der Waals surface area (Å²) in [5.41, 5.74) is 3.35.